The van der Waals surface area contributed by atoms with Crippen molar-refractivity contribution in [3.8, 4) is 6.07 Å². The summed E-state index contributed by atoms with van der Waals surface area (Å²) in [6.45, 7) is -0.296. The van der Waals surface area contributed by atoms with Gasteiger partial charge in [-0.3, -0.25) is 4.55 Å². The molecule has 7 heteroatoms. The number of hydrogen-bond donors (Lipinski definition) is 1. The van der Waals surface area contributed by atoms with Crippen molar-refractivity contribution in [3.63, 3.8) is 0 Å². The molecule has 0 saturated heterocycles. The fourth-order valence-corrected chi connectivity index (χ4v) is 0.487. The van der Waals surface area contributed by atoms with E-state index in [2.05, 4.69) is 4.18 Å². The van der Waals surface area contributed by atoms with Crippen LogP contribution in [0.2, 0.25) is 0 Å². The maximum absolute atomic E-state index is 9.73. The number of rotatable bonds is 3. The van der Waals surface area contributed by atoms with E-state index in [9.17, 15) is 8.42 Å². The van der Waals surface area contributed by atoms with Gasteiger partial charge in [0.1, 0.15) is 0 Å². The summed E-state index contributed by atoms with van der Waals surface area (Å²) in [5, 5.41) is 7.86. The standard InChI is InChI=1S/C3H5NO4S.Li.H/c4-2-1-3-8-9(5,6)7;;/h1,3H2,(H,5,6,7);;. The molecule has 5 nitrogen and oxygen atoms in total. The topological polar surface area (TPSA) is 87.4 Å². The summed E-state index contributed by atoms with van der Waals surface area (Å²) in [7, 11) is -4.35. The molecule has 1 N–H and O–H groups in total. The SMILES string of the molecule is N#CCCOS(=O)(=O)O.[LiH]. The first kappa shape index (κ1) is 12.6. The van der Waals surface area contributed by atoms with E-state index >= 15 is 0 Å². The van der Waals surface area contributed by atoms with Crippen molar-refractivity contribution >= 4 is 29.3 Å². The van der Waals surface area contributed by atoms with Crippen molar-refractivity contribution in [2.45, 2.75) is 6.42 Å². The summed E-state index contributed by atoms with van der Waals surface area (Å²) in [4.78, 5) is 0. The van der Waals surface area contributed by atoms with E-state index in [0.717, 1.165) is 0 Å². The minimum atomic E-state index is -4.35. The Bertz CT molecular complexity index is 205. The van der Waals surface area contributed by atoms with Crippen LogP contribution in [0.4, 0.5) is 0 Å². The molecule has 0 aliphatic carbocycles. The molecule has 0 aromatic heterocycles. The second-order valence-electron chi connectivity index (χ2n) is 1.16. The van der Waals surface area contributed by atoms with Gasteiger partial charge in [0, 0.05) is 0 Å². The molecule has 0 radical (unpaired) electrons. The minimum absolute atomic E-state index is 0. The zero-order valence-electron chi connectivity index (χ0n) is 4.44. The van der Waals surface area contributed by atoms with Gasteiger partial charge in [-0.2, -0.15) is 13.7 Å². The first-order valence-corrected chi connectivity index (χ1v) is 3.41. The fraction of sp³-hybridized carbons (Fsp3) is 0.667. The third kappa shape index (κ3) is 10.9. The first-order chi connectivity index (χ1) is 4.06. The van der Waals surface area contributed by atoms with E-state index in [1.165, 1.54) is 0 Å². The van der Waals surface area contributed by atoms with Gasteiger partial charge in [-0.1, -0.05) is 0 Å². The van der Waals surface area contributed by atoms with Gasteiger partial charge < -0.3 is 0 Å². The predicted octanol–water partition coefficient (Wildman–Crippen LogP) is -0.929. The summed E-state index contributed by atoms with van der Waals surface area (Å²) in [5.74, 6) is 0. The molecule has 0 amide bonds. The zero-order valence-corrected chi connectivity index (χ0v) is 5.26. The van der Waals surface area contributed by atoms with Gasteiger partial charge in [0.15, 0.2) is 0 Å². The molecule has 0 fully saturated rings. The van der Waals surface area contributed by atoms with Crippen LogP contribution in [0, 0.1) is 11.3 Å². The second kappa shape index (κ2) is 5.72. The zero-order chi connectivity index (χ0) is 7.33. The fourth-order valence-electron chi connectivity index (χ4n) is 0.193. The van der Waals surface area contributed by atoms with Gasteiger partial charge in [-0.25, -0.2) is 4.18 Å². The Balaban J connectivity index is 0. The van der Waals surface area contributed by atoms with E-state index in [4.69, 9.17) is 9.81 Å². The molecule has 10 heavy (non-hydrogen) atoms. The van der Waals surface area contributed by atoms with Gasteiger partial charge in [0.05, 0.1) is 19.1 Å². The average Bonchev–Trinajstić information content (AvgIpc) is 1.63. The third-order valence-electron chi connectivity index (χ3n) is 0.446. The summed E-state index contributed by atoms with van der Waals surface area (Å²) in [5.41, 5.74) is 0. The van der Waals surface area contributed by atoms with Gasteiger partial charge in [-0.05, 0) is 0 Å². The van der Waals surface area contributed by atoms with Crippen LogP contribution in [0.1, 0.15) is 6.42 Å². The van der Waals surface area contributed by atoms with Crippen molar-refractivity contribution in [2.24, 2.45) is 0 Å². The molecule has 0 aliphatic rings. The van der Waals surface area contributed by atoms with Crippen LogP contribution in [-0.4, -0.2) is 38.4 Å². The Hall–Kier alpha value is -0.0426. The van der Waals surface area contributed by atoms with Crippen LogP contribution < -0.4 is 0 Å². The third-order valence-corrected chi connectivity index (χ3v) is 0.911. The van der Waals surface area contributed by atoms with E-state index < -0.39 is 10.4 Å². The molecule has 0 aromatic carbocycles. The molecule has 0 bridgehead atoms. The van der Waals surface area contributed by atoms with Crippen LogP contribution >= 0.6 is 0 Å². The molecule has 0 unspecified atom stereocenters. The number of nitriles is 1. The average molecular weight is 159 g/mol. The molecule has 0 spiro atoms. The monoisotopic (exact) mass is 159 g/mol. The number of nitrogens with zero attached hydrogens (tertiary/aromatic N) is 1. The number of hydrogen-bond acceptors (Lipinski definition) is 4. The van der Waals surface area contributed by atoms with Crippen LogP contribution in [0.5, 0.6) is 0 Å². The summed E-state index contributed by atoms with van der Waals surface area (Å²) >= 11 is 0. The quantitative estimate of drug-likeness (QED) is 0.326. The summed E-state index contributed by atoms with van der Waals surface area (Å²) in [6.07, 6.45) is -0.0558. The van der Waals surface area contributed by atoms with Crippen molar-refractivity contribution in [2.75, 3.05) is 6.61 Å². The van der Waals surface area contributed by atoms with Crippen LogP contribution in [0.3, 0.4) is 0 Å². The second-order valence-corrected chi connectivity index (χ2v) is 2.25. The molecule has 0 aromatic rings. The van der Waals surface area contributed by atoms with E-state index in [-0.39, 0.29) is 31.9 Å². The maximum atomic E-state index is 9.73. The Kier molecular flexibility index (Phi) is 7.22. The molecule has 0 atom stereocenters. The molecular weight excluding hydrogens is 153 g/mol. The van der Waals surface area contributed by atoms with Gasteiger partial charge in [-0.15, -0.1) is 0 Å². The summed E-state index contributed by atoms with van der Waals surface area (Å²) < 4.78 is 31.1. The Morgan fingerprint density at radius 1 is 1.60 bits per heavy atom. The first-order valence-electron chi connectivity index (χ1n) is 2.05. The van der Waals surface area contributed by atoms with Gasteiger partial charge in [0.25, 0.3) is 0 Å². The normalized spacial score (nSPS) is 9.60. The van der Waals surface area contributed by atoms with E-state index in [1.807, 2.05) is 0 Å². The molecule has 0 heterocycles. The van der Waals surface area contributed by atoms with Crippen LogP contribution in [0.25, 0.3) is 0 Å². The molecule has 54 valence electrons. The molecular formula is C3H6LiNO4S. The van der Waals surface area contributed by atoms with Crippen LogP contribution in [0.15, 0.2) is 0 Å². The van der Waals surface area contributed by atoms with E-state index in [0.29, 0.717) is 0 Å². The molecule has 0 saturated carbocycles. The molecule has 0 aliphatic heterocycles. The van der Waals surface area contributed by atoms with Crippen LogP contribution in [-0.2, 0) is 14.6 Å². The molecule has 0 rings (SSSR count). The van der Waals surface area contributed by atoms with Crippen molar-refractivity contribution in [1.82, 2.24) is 0 Å². The predicted molar refractivity (Wildman–Crippen MR) is 34.9 cm³/mol. The van der Waals surface area contributed by atoms with Crippen molar-refractivity contribution in [3.05, 3.63) is 0 Å². The van der Waals surface area contributed by atoms with Gasteiger partial charge in [0.2, 0.25) is 0 Å². The summed E-state index contributed by atoms with van der Waals surface area (Å²) in [6, 6.07) is 1.64. The Morgan fingerprint density at radius 3 is 2.40 bits per heavy atom. The van der Waals surface area contributed by atoms with Crippen molar-refractivity contribution < 1.29 is 17.2 Å². The Labute approximate surface area is 71.1 Å². The van der Waals surface area contributed by atoms with E-state index in [1.54, 1.807) is 6.07 Å². The Morgan fingerprint density at radius 2 is 2.10 bits per heavy atom. The van der Waals surface area contributed by atoms with Gasteiger partial charge >= 0.3 is 29.3 Å². The van der Waals surface area contributed by atoms with Crippen molar-refractivity contribution in [1.29, 1.82) is 5.26 Å².